The smallest absolute Gasteiger partial charge is 0.248 e. The van der Waals surface area contributed by atoms with Gasteiger partial charge in [0.1, 0.15) is 11.9 Å². The topological polar surface area (TPSA) is 59.2 Å². The zero-order valence-electron chi connectivity index (χ0n) is 10.1. The summed E-state index contributed by atoms with van der Waals surface area (Å²) in [5.74, 6) is -0.618. The van der Waals surface area contributed by atoms with Crippen molar-refractivity contribution in [3.8, 4) is 0 Å². The fraction of sp³-hybridized carbons (Fsp3) is 0.143. The monoisotopic (exact) mass is 257 g/mol. The van der Waals surface area contributed by atoms with E-state index in [0.717, 1.165) is 5.69 Å². The Morgan fingerprint density at radius 1 is 1.32 bits per heavy atom. The fourth-order valence-electron chi connectivity index (χ4n) is 2.26. The molecular formula is C14H12FN3O. The molecule has 1 aliphatic heterocycles. The molecule has 2 aromatic rings. The van der Waals surface area contributed by atoms with Gasteiger partial charge >= 0.3 is 0 Å². The third-order valence-corrected chi connectivity index (χ3v) is 3.19. The lowest BCUT2D eigenvalue weighted by molar-refractivity contribution is -0.119. The van der Waals surface area contributed by atoms with Crippen LogP contribution in [0.3, 0.4) is 0 Å². The third kappa shape index (κ3) is 1.98. The Morgan fingerprint density at radius 2 is 2.16 bits per heavy atom. The van der Waals surface area contributed by atoms with Gasteiger partial charge in [0.05, 0.1) is 12.2 Å². The highest BCUT2D eigenvalue weighted by Gasteiger charge is 2.35. The minimum atomic E-state index is -0.797. The standard InChI is InChI=1S/C14H12FN3O/c15-9-4-5-12-11(7-9)13(16)14(19)18(12)8-10-3-1-2-6-17-10/h1-7,13H,8,16H2. The number of fused-ring (bicyclic) bond motifs is 1. The third-order valence-electron chi connectivity index (χ3n) is 3.19. The van der Waals surface area contributed by atoms with E-state index in [1.54, 1.807) is 17.2 Å². The molecule has 1 unspecified atom stereocenters. The maximum atomic E-state index is 13.2. The van der Waals surface area contributed by atoms with E-state index in [-0.39, 0.29) is 11.7 Å². The first kappa shape index (κ1) is 11.8. The highest BCUT2D eigenvalue weighted by atomic mass is 19.1. The summed E-state index contributed by atoms with van der Waals surface area (Å²) in [6, 6.07) is 8.93. The van der Waals surface area contributed by atoms with Crippen molar-refractivity contribution in [1.29, 1.82) is 0 Å². The van der Waals surface area contributed by atoms with Crippen LogP contribution in [-0.2, 0) is 11.3 Å². The van der Waals surface area contributed by atoms with E-state index in [1.807, 2.05) is 18.2 Å². The van der Waals surface area contributed by atoms with Gasteiger partial charge in [0.2, 0.25) is 5.91 Å². The number of halogens is 1. The van der Waals surface area contributed by atoms with Gasteiger partial charge < -0.3 is 10.6 Å². The zero-order valence-corrected chi connectivity index (χ0v) is 10.1. The molecule has 2 heterocycles. The fourth-order valence-corrected chi connectivity index (χ4v) is 2.26. The molecule has 0 saturated carbocycles. The van der Waals surface area contributed by atoms with E-state index < -0.39 is 6.04 Å². The van der Waals surface area contributed by atoms with Crippen LogP contribution in [0.4, 0.5) is 10.1 Å². The minimum Gasteiger partial charge on any atom is -0.316 e. The van der Waals surface area contributed by atoms with Crippen molar-refractivity contribution in [2.75, 3.05) is 4.90 Å². The molecule has 1 aliphatic rings. The van der Waals surface area contributed by atoms with E-state index in [9.17, 15) is 9.18 Å². The van der Waals surface area contributed by atoms with Crippen LogP contribution < -0.4 is 10.6 Å². The predicted octanol–water partition coefficient (Wildman–Crippen LogP) is 1.77. The molecular weight excluding hydrogens is 245 g/mol. The average Bonchev–Trinajstić information content (AvgIpc) is 2.65. The van der Waals surface area contributed by atoms with Crippen LogP contribution >= 0.6 is 0 Å². The number of carbonyl (C=O) groups is 1. The second-order valence-electron chi connectivity index (χ2n) is 4.43. The highest BCUT2D eigenvalue weighted by Crippen LogP contribution is 2.35. The Hall–Kier alpha value is -2.27. The van der Waals surface area contributed by atoms with Gasteiger partial charge in [-0.2, -0.15) is 0 Å². The maximum Gasteiger partial charge on any atom is 0.248 e. The van der Waals surface area contributed by atoms with Crippen LogP contribution in [0.25, 0.3) is 0 Å². The molecule has 1 atom stereocenters. The van der Waals surface area contributed by atoms with E-state index in [0.29, 0.717) is 17.8 Å². The number of nitrogens with zero attached hydrogens (tertiary/aromatic N) is 2. The summed E-state index contributed by atoms with van der Waals surface area (Å²) >= 11 is 0. The van der Waals surface area contributed by atoms with Crippen LogP contribution in [-0.4, -0.2) is 10.9 Å². The zero-order chi connectivity index (χ0) is 13.4. The van der Waals surface area contributed by atoms with Gasteiger partial charge in [-0.25, -0.2) is 4.39 Å². The number of hydrogen-bond donors (Lipinski definition) is 1. The molecule has 0 radical (unpaired) electrons. The number of pyridine rings is 1. The molecule has 0 spiro atoms. The van der Waals surface area contributed by atoms with Crippen LogP contribution in [0.5, 0.6) is 0 Å². The Labute approximate surface area is 109 Å². The molecule has 3 rings (SSSR count). The van der Waals surface area contributed by atoms with E-state index >= 15 is 0 Å². The van der Waals surface area contributed by atoms with E-state index in [1.165, 1.54) is 12.1 Å². The van der Waals surface area contributed by atoms with Crippen molar-refractivity contribution in [2.24, 2.45) is 5.73 Å². The average molecular weight is 257 g/mol. The number of rotatable bonds is 2. The molecule has 1 aromatic carbocycles. The SMILES string of the molecule is NC1C(=O)N(Cc2ccccn2)c2ccc(F)cc21. The van der Waals surface area contributed by atoms with Crippen LogP contribution in [0.15, 0.2) is 42.6 Å². The Bertz CT molecular complexity index is 630. The first-order valence-corrected chi connectivity index (χ1v) is 5.93. The molecule has 1 amide bonds. The van der Waals surface area contributed by atoms with Gasteiger partial charge in [-0.1, -0.05) is 6.07 Å². The van der Waals surface area contributed by atoms with Crippen molar-refractivity contribution in [3.63, 3.8) is 0 Å². The minimum absolute atomic E-state index is 0.230. The molecule has 1 aromatic heterocycles. The number of aromatic nitrogens is 1. The summed E-state index contributed by atoms with van der Waals surface area (Å²) < 4.78 is 13.2. The summed E-state index contributed by atoms with van der Waals surface area (Å²) in [5.41, 5.74) is 7.77. The molecule has 0 fully saturated rings. The lowest BCUT2D eigenvalue weighted by Crippen LogP contribution is -2.31. The van der Waals surface area contributed by atoms with Crippen LogP contribution in [0.1, 0.15) is 17.3 Å². The van der Waals surface area contributed by atoms with Crippen LogP contribution in [0.2, 0.25) is 0 Å². The van der Waals surface area contributed by atoms with Gasteiger partial charge in [-0.15, -0.1) is 0 Å². The van der Waals surface area contributed by atoms with Crippen molar-refractivity contribution in [3.05, 3.63) is 59.7 Å². The van der Waals surface area contributed by atoms with E-state index in [4.69, 9.17) is 5.73 Å². The van der Waals surface area contributed by atoms with Gasteiger partial charge in [-0.05, 0) is 30.3 Å². The maximum absolute atomic E-state index is 13.2. The van der Waals surface area contributed by atoms with Crippen LogP contribution in [0, 0.1) is 5.82 Å². The Morgan fingerprint density at radius 3 is 2.89 bits per heavy atom. The van der Waals surface area contributed by atoms with Gasteiger partial charge in [-0.3, -0.25) is 9.78 Å². The van der Waals surface area contributed by atoms with Crippen molar-refractivity contribution < 1.29 is 9.18 Å². The second kappa shape index (κ2) is 4.44. The van der Waals surface area contributed by atoms with E-state index in [2.05, 4.69) is 4.98 Å². The van der Waals surface area contributed by atoms with Crippen molar-refractivity contribution in [1.82, 2.24) is 4.98 Å². The van der Waals surface area contributed by atoms with Crippen molar-refractivity contribution >= 4 is 11.6 Å². The molecule has 96 valence electrons. The lowest BCUT2D eigenvalue weighted by Gasteiger charge is -2.16. The summed E-state index contributed by atoms with van der Waals surface area (Å²) in [4.78, 5) is 17.9. The van der Waals surface area contributed by atoms with Gasteiger partial charge in [0, 0.05) is 17.4 Å². The first-order valence-electron chi connectivity index (χ1n) is 5.93. The lowest BCUT2D eigenvalue weighted by atomic mass is 10.1. The Kier molecular flexibility index (Phi) is 2.76. The number of nitrogens with two attached hydrogens (primary N) is 1. The first-order chi connectivity index (χ1) is 9.16. The number of amides is 1. The second-order valence-corrected chi connectivity index (χ2v) is 4.43. The van der Waals surface area contributed by atoms with Gasteiger partial charge in [0.25, 0.3) is 0 Å². The quantitative estimate of drug-likeness (QED) is 0.892. The number of anilines is 1. The molecule has 0 aliphatic carbocycles. The normalized spacial score (nSPS) is 17.7. The highest BCUT2D eigenvalue weighted by molar-refractivity contribution is 6.04. The molecule has 2 N–H and O–H groups in total. The number of benzene rings is 1. The largest absolute Gasteiger partial charge is 0.316 e. The van der Waals surface area contributed by atoms with Gasteiger partial charge in [0.15, 0.2) is 0 Å². The summed E-state index contributed by atoms with van der Waals surface area (Å²) in [7, 11) is 0. The molecule has 19 heavy (non-hydrogen) atoms. The molecule has 4 nitrogen and oxygen atoms in total. The molecule has 0 bridgehead atoms. The summed E-state index contributed by atoms with van der Waals surface area (Å²) in [6.45, 7) is 0.339. The summed E-state index contributed by atoms with van der Waals surface area (Å²) in [6.07, 6.45) is 1.67. The molecule has 5 heteroatoms. The number of hydrogen-bond acceptors (Lipinski definition) is 3. The predicted molar refractivity (Wildman–Crippen MR) is 68.8 cm³/mol. The molecule has 0 saturated heterocycles. The summed E-state index contributed by atoms with van der Waals surface area (Å²) in [5, 5.41) is 0. The number of carbonyl (C=O) groups excluding carboxylic acids is 1. The van der Waals surface area contributed by atoms with Crippen molar-refractivity contribution in [2.45, 2.75) is 12.6 Å². The Balaban J connectivity index is 1.98.